The minimum atomic E-state index is -0.789. The molecule has 2 aliphatic heterocycles. The Morgan fingerprint density at radius 1 is 0.711 bits per heavy atom. The first-order chi connectivity index (χ1) is 21.8. The zero-order valence-electron chi connectivity index (χ0n) is 24.1. The van der Waals surface area contributed by atoms with Crippen molar-refractivity contribution < 1.29 is 18.4 Å². The van der Waals surface area contributed by atoms with E-state index in [9.17, 15) is 18.4 Å². The summed E-state index contributed by atoms with van der Waals surface area (Å²) in [7, 11) is 0. The number of carbonyl (C=O) groups is 2. The maximum Gasteiger partial charge on any atom is 0.232 e. The van der Waals surface area contributed by atoms with Gasteiger partial charge >= 0.3 is 0 Å². The van der Waals surface area contributed by atoms with Gasteiger partial charge in [-0.3, -0.25) is 19.6 Å². The van der Waals surface area contributed by atoms with Crippen molar-refractivity contribution in [3.8, 4) is 0 Å². The van der Waals surface area contributed by atoms with E-state index < -0.39 is 12.3 Å². The molecular weight excluding hydrogens is 623 g/mol. The van der Waals surface area contributed by atoms with Crippen molar-refractivity contribution in [3.63, 3.8) is 0 Å². The Labute approximate surface area is 265 Å². The molecule has 12 nitrogen and oxygen atoms in total. The lowest BCUT2D eigenvalue weighted by atomic mass is 10.1. The highest BCUT2D eigenvalue weighted by Gasteiger charge is 2.32. The fourth-order valence-corrected chi connectivity index (χ4v) is 7.49. The monoisotopic (exact) mass is 652 g/mol. The van der Waals surface area contributed by atoms with Gasteiger partial charge in [-0.05, 0) is 43.5 Å². The molecule has 2 atom stereocenters. The molecule has 0 bridgehead atoms. The average molecular weight is 653 g/mol. The molecule has 1 aliphatic carbocycles. The zero-order chi connectivity index (χ0) is 30.9. The summed E-state index contributed by atoms with van der Waals surface area (Å²) in [6, 6.07) is 7.27. The molecule has 3 fully saturated rings. The highest BCUT2D eigenvalue weighted by molar-refractivity contribution is 7.15. The largest absolute Gasteiger partial charge is 0.364 e. The quantitative estimate of drug-likeness (QED) is 0.259. The molecule has 0 aromatic carbocycles. The third-order valence-corrected chi connectivity index (χ3v) is 10.2. The van der Waals surface area contributed by atoms with Gasteiger partial charge in [0.15, 0.2) is 0 Å². The Hall–Kier alpha value is -4.18. The predicted molar refractivity (Wildman–Crippen MR) is 167 cm³/mol. The Kier molecular flexibility index (Phi) is 8.31. The summed E-state index contributed by atoms with van der Waals surface area (Å²) in [6.07, 6.45) is 4.62. The molecular formula is C29H30F2N10O2S2. The van der Waals surface area contributed by atoms with Crippen LogP contribution in [0.25, 0.3) is 0 Å². The molecule has 4 aromatic heterocycles. The second-order valence-electron chi connectivity index (χ2n) is 11.6. The molecule has 2 saturated heterocycles. The van der Waals surface area contributed by atoms with Crippen molar-refractivity contribution in [2.24, 2.45) is 0 Å². The smallest absolute Gasteiger partial charge is 0.232 e. The highest BCUT2D eigenvalue weighted by atomic mass is 32.1. The summed E-state index contributed by atoms with van der Waals surface area (Å²) in [5.74, 6) is -0.0648. The van der Waals surface area contributed by atoms with Crippen molar-refractivity contribution in [3.05, 3.63) is 58.1 Å². The van der Waals surface area contributed by atoms with Crippen LogP contribution in [-0.2, 0) is 22.4 Å². The van der Waals surface area contributed by atoms with E-state index in [0.29, 0.717) is 47.8 Å². The first-order valence-electron chi connectivity index (χ1n) is 14.8. The molecule has 0 spiro atoms. The van der Waals surface area contributed by atoms with Crippen LogP contribution in [0.1, 0.15) is 52.5 Å². The number of anilines is 4. The number of hydrogen-bond acceptors (Lipinski definition) is 12. The lowest BCUT2D eigenvalue weighted by Gasteiger charge is -2.36. The Morgan fingerprint density at radius 3 is 1.53 bits per heavy atom. The molecule has 3 aliphatic rings. The standard InChI is InChI=1S/C29H30F2N10O2S2/c30-18-12-40(13-18)22-5-3-20(32-10-22)8-24(42)34-28-38-36-26(44-28)16-1-2-17(7-16)27-37-39-29(45-27)35-25(43)9-21-4-6-23(11-33-21)41-14-19(31)15-41/h3-6,10-11,16-19H,1-2,7-9,12-15H2,(H,34,38,42)(H,35,39,43). The fourth-order valence-electron chi connectivity index (χ4n) is 5.67. The average Bonchev–Trinajstić information content (AvgIpc) is 3.76. The zero-order valence-corrected chi connectivity index (χ0v) is 25.7. The predicted octanol–water partition coefficient (Wildman–Crippen LogP) is 3.91. The molecule has 4 aromatic rings. The van der Waals surface area contributed by atoms with Crippen LogP contribution >= 0.6 is 22.7 Å². The highest BCUT2D eigenvalue weighted by Crippen LogP contribution is 2.45. The van der Waals surface area contributed by atoms with E-state index in [1.807, 2.05) is 21.9 Å². The Bertz CT molecular complexity index is 1530. The molecule has 2 unspecified atom stereocenters. The summed E-state index contributed by atoms with van der Waals surface area (Å²) in [4.78, 5) is 37.7. The lowest BCUT2D eigenvalue weighted by molar-refractivity contribution is -0.116. The molecule has 16 heteroatoms. The number of nitrogens with one attached hydrogen (secondary N) is 2. The molecule has 2 N–H and O–H groups in total. The van der Waals surface area contributed by atoms with Crippen molar-refractivity contribution >= 4 is 56.1 Å². The third kappa shape index (κ3) is 6.91. The van der Waals surface area contributed by atoms with Crippen molar-refractivity contribution in [1.82, 2.24) is 30.4 Å². The van der Waals surface area contributed by atoms with Gasteiger partial charge in [-0.2, -0.15) is 0 Å². The molecule has 1 saturated carbocycles. The van der Waals surface area contributed by atoms with Crippen molar-refractivity contribution in [2.45, 2.75) is 56.3 Å². The van der Waals surface area contributed by atoms with Gasteiger partial charge in [-0.1, -0.05) is 22.7 Å². The van der Waals surface area contributed by atoms with Gasteiger partial charge in [0.25, 0.3) is 0 Å². The van der Waals surface area contributed by atoms with Crippen LogP contribution in [0, 0.1) is 0 Å². The number of rotatable bonds is 10. The van der Waals surface area contributed by atoms with Crippen LogP contribution in [0.3, 0.4) is 0 Å². The number of halogens is 2. The van der Waals surface area contributed by atoms with E-state index in [2.05, 4.69) is 41.0 Å². The molecule has 0 radical (unpaired) electrons. The lowest BCUT2D eigenvalue weighted by Crippen LogP contribution is -2.48. The van der Waals surface area contributed by atoms with Crippen molar-refractivity contribution in [2.75, 3.05) is 46.6 Å². The first-order valence-corrected chi connectivity index (χ1v) is 16.4. The van der Waals surface area contributed by atoms with Crippen LogP contribution in [0.5, 0.6) is 0 Å². The van der Waals surface area contributed by atoms with Crippen LogP contribution in [-0.4, -0.2) is 80.7 Å². The second-order valence-corrected chi connectivity index (χ2v) is 13.6. The number of hydrogen-bond donors (Lipinski definition) is 2. The van der Waals surface area contributed by atoms with Crippen molar-refractivity contribution in [1.29, 1.82) is 0 Å². The topological polar surface area (TPSA) is 142 Å². The van der Waals surface area contributed by atoms with E-state index in [-0.39, 0.29) is 36.5 Å². The second kappa shape index (κ2) is 12.7. The summed E-state index contributed by atoms with van der Waals surface area (Å²) in [5.41, 5.74) is 2.94. The van der Waals surface area contributed by atoms with E-state index in [1.165, 1.54) is 22.7 Å². The first kappa shape index (κ1) is 29.5. The van der Waals surface area contributed by atoms with Crippen LogP contribution in [0.2, 0.25) is 0 Å². The SMILES string of the molecule is O=C(Cc1ccc(N2CC(F)C2)cn1)Nc1nnc(C2CCC(c3nnc(NC(=O)Cc4ccc(N5CC(F)C5)cn4)s3)C2)s1. The fraction of sp³-hybridized carbons (Fsp3) is 0.448. The maximum atomic E-state index is 13.1. The van der Waals surface area contributed by atoms with Gasteiger partial charge in [0.1, 0.15) is 22.4 Å². The number of nitrogens with zero attached hydrogens (tertiary/aromatic N) is 8. The molecule has 45 heavy (non-hydrogen) atoms. The van der Waals surface area contributed by atoms with Crippen LogP contribution in [0.4, 0.5) is 30.4 Å². The minimum absolute atomic E-state index is 0.103. The molecule has 6 heterocycles. The maximum absolute atomic E-state index is 13.1. The van der Waals surface area contributed by atoms with Crippen LogP contribution in [0.15, 0.2) is 36.7 Å². The number of pyridine rings is 2. The van der Waals surface area contributed by atoms with Gasteiger partial charge in [0, 0.05) is 23.2 Å². The summed E-state index contributed by atoms with van der Waals surface area (Å²) in [6.45, 7) is 1.51. The molecule has 234 valence electrons. The Morgan fingerprint density at radius 2 is 1.16 bits per heavy atom. The summed E-state index contributed by atoms with van der Waals surface area (Å²) in [5, 5.41) is 25.3. The van der Waals surface area contributed by atoms with E-state index in [4.69, 9.17) is 0 Å². The number of aromatic nitrogens is 6. The third-order valence-electron chi connectivity index (χ3n) is 8.21. The minimum Gasteiger partial charge on any atom is -0.364 e. The van der Waals surface area contributed by atoms with E-state index >= 15 is 0 Å². The summed E-state index contributed by atoms with van der Waals surface area (Å²) >= 11 is 2.75. The molecule has 2 amide bonds. The molecule has 7 rings (SSSR count). The Balaban J connectivity index is 0.866. The number of amides is 2. The van der Waals surface area contributed by atoms with E-state index in [1.54, 1.807) is 24.5 Å². The van der Waals surface area contributed by atoms with Gasteiger partial charge in [-0.25, -0.2) is 8.78 Å². The summed E-state index contributed by atoms with van der Waals surface area (Å²) < 4.78 is 26.2. The number of alkyl halides is 2. The van der Waals surface area contributed by atoms with Gasteiger partial charge < -0.3 is 20.4 Å². The van der Waals surface area contributed by atoms with Crippen LogP contribution < -0.4 is 20.4 Å². The van der Waals surface area contributed by atoms with Gasteiger partial charge in [0.2, 0.25) is 22.1 Å². The normalized spacial score (nSPS) is 20.1. The van der Waals surface area contributed by atoms with E-state index in [0.717, 1.165) is 40.7 Å². The van der Waals surface area contributed by atoms with Gasteiger partial charge in [0.05, 0.1) is 62.8 Å². The van der Waals surface area contributed by atoms with Gasteiger partial charge in [-0.15, -0.1) is 20.4 Å². The number of carbonyl (C=O) groups excluding carboxylic acids is 2.